The number of hydrogen-bond acceptors (Lipinski definition) is 7. The van der Waals surface area contributed by atoms with Gasteiger partial charge in [0.25, 0.3) is 0 Å². The standard InChI is InChI=1S/C31H39F4N5O3/c1-5-42-29-23(7-6-12-36-29)25-8-11-30(3,27(38-25)28(41)37-21-17-39(4)18-21)43-22-9-13-40(14-10-22)26-19(2)15-20(32)16-24(26)31(33,34)35/h6-8,11-12,16,19,21-22,27H,5,9-10,13-15,17-18H2,1-4H3,(H,37,41). The molecule has 4 heterocycles. The minimum Gasteiger partial charge on any atom is -0.477 e. The molecule has 1 N–H and O–H groups in total. The van der Waals surface area contributed by atoms with Crippen LogP contribution in [-0.2, 0) is 9.53 Å². The number of aromatic nitrogens is 1. The van der Waals surface area contributed by atoms with Crippen molar-refractivity contribution in [2.45, 2.75) is 70.0 Å². The fourth-order valence-electron chi connectivity index (χ4n) is 6.36. The number of amides is 1. The Balaban J connectivity index is 1.35. The molecule has 1 amide bonds. The van der Waals surface area contributed by atoms with Gasteiger partial charge in [0.05, 0.1) is 35.6 Å². The van der Waals surface area contributed by atoms with Crippen LogP contribution in [0.3, 0.4) is 0 Å². The van der Waals surface area contributed by atoms with Crippen LogP contribution in [-0.4, -0.2) is 96.2 Å². The van der Waals surface area contributed by atoms with Crippen molar-refractivity contribution < 1.29 is 31.8 Å². The van der Waals surface area contributed by atoms with Gasteiger partial charge in [0.1, 0.15) is 11.4 Å². The van der Waals surface area contributed by atoms with Crippen molar-refractivity contribution in [3.05, 3.63) is 59.2 Å². The van der Waals surface area contributed by atoms with E-state index in [0.29, 0.717) is 55.8 Å². The highest BCUT2D eigenvalue weighted by Gasteiger charge is 2.45. The highest BCUT2D eigenvalue weighted by molar-refractivity contribution is 6.12. The number of likely N-dealkylation sites (tertiary alicyclic amines) is 2. The Labute approximate surface area is 249 Å². The molecule has 43 heavy (non-hydrogen) atoms. The lowest BCUT2D eigenvalue weighted by Gasteiger charge is -2.44. The van der Waals surface area contributed by atoms with Crippen LogP contribution in [0.2, 0.25) is 0 Å². The summed E-state index contributed by atoms with van der Waals surface area (Å²) in [6, 6.07) is 2.73. The van der Waals surface area contributed by atoms with Crippen LogP contribution in [0, 0.1) is 5.92 Å². The van der Waals surface area contributed by atoms with Crippen molar-refractivity contribution >= 4 is 11.6 Å². The third kappa shape index (κ3) is 6.80. The monoisotopic (exact) mass is 605 g/mol. The Kier molecular flexibility index (Phi) is 8.99. The van der Waals surface area contributed by atoms with Gasteiger partial charge in [-0.15, -0.1) is 0 Å². The van der Waals surface area contributed by atoms with Gasteiger partial charge in [0, 0.05) is 50.4 Å². The molecule has 0 radical (unpaired) electrons. The number of carbonyl (C=O) groups is 1. The summed E-state index contributed by atoms with van der Waals surface area (Å²) in [5, 5.41) is 3.09. The predicted molar refractivity (Wildman–Crippen MR) is 154 cm³/mol. The SMILES string of the molecule is CCOc1ncccc1C1=NC(C(=O)NC2CN(C)C2)C(C)(OC2CCN(C3=C(C(F)(F)F)C=C(F)CC3C)CC2)C=C1. The van der Waals surface area contributed by atoms with Crippen LogP contribution in [0.15, 0.2) is 58.6 Å². The largest absolute Gasteiger partial charge is 0.477 e. The van der Waals surface area contributed by atoms with Crippen molar-refractivity contribution in [1.82, 2.24) is 20.1 Å². The van der Waals surface area contributed by atoms with Gasteiger partial charge in [0.2, 0.25) is 11.8 Å². The number of aliphatic imine (C=N–C) groups is 1. The molecular formula is C31H39F4N5O3. The van der Waals surface area contributed by atoms with Gasteiger partial charge in [-0.3, -0.25) is 9.79 Å². The number of nitrogens with one attached hydrogen (secondary N) is 1. The van der Waals surface area contributed by atoms with Crippen molar-refractivity contribution in [3.8, 4) is 5.88 Å². The second-order valence-electron chi connectivity index (χ2n) is 11.9. The van der Waals surface area contributed by atoms with Crippen molar-refractivity contribution in [2.24, 2.45) is 10.9 Å². The molecule has 0 spiro atoms. The molecule has 5 rings (SSSR count). The van der Waals surface area contributed by atoms with Crippen LogP contribution in [0.25, 0.3) is 0 Å². The molecule has 2 saturated heterocycles. The van der Waals surface area contributed by atoms with E-state index in [4.69, 9.17) is 14.5 Å². The van der Waals surface area contributed by atoms with Crippen LogP contribution >= 0.6 is 0 Å². The first kappa shape index (κ1) is 31.2. The highest BCUT2D eigenvalue weighted by Crippen LogP contribution is 2.41. The number of nitrogens with zero attached hydrogens (tertiary/aromatic N) is 4. The molecule has 4 aliphatic rings. The van der Waals surface area contributed by atoms with Crippen LogP contribution in [0.5, 0.6) is 5.88 Å². The van der Waals surface area contributed by atoms with Crippen molar-refractivity contribution in [1.29, 1.82) is 0 Å². The fraction of sp³-hybridized carbons (Fsp3) is 0.581. The summed E-state index contributed by atoms with van der Waals surface area (Å²) in [4.78, 5) is 26.6. The van der Waals surface area contributed by atoms with E-state index in [-0.39, 0.29) is 30.2 Å². The molecule has 0 bridgehead atoms. The molecule has 8 nitrogen and oxygen atoms in total. The number of alkyl halides is 3. The van der Waals surface area contributed by atoms with Gasteiger partial charge in [-0.2, -0.15) is 13.2 Å². The molecule has 3 atom stereocenters. The van der Waals surface area contributed by atoms with E-state index in [2.05, 4.69) is 15.2 Å². The maximum atomic E-state index is 14.0. The lowest BCUT2D eigenvalue weighted by atomic mass is 9.88. The van der Waals surface area contributed by atoms with E-state index in [9.17, 15) is 22.4 Å². The Morgan fingerprint density at radius 3 is 2.60 bits per heavy atom. The second kappa shape index (κ2) is 12.4. The number of carbonyl (C=O) groups excluding carboxylic acids is 1. The average molecular weight is 606 g/mol. The molecule has 2 fully saturated rings. The maximum absolute atomic E-state index is 14.0. The Bertz CT molecular complexity index is 1330. The summed E-state index contributed by atoms with van der Waals surface area (Å²) in [7, 11) is 1.98. The van der Waals surface area contributed by atoms with Crippen LogP contribution in [0.4, 0.5) is 17.6 Å². The number of rotatable bonds is 8. The molecule has 234 valence electrons. The zero-order chi connectivity index (χ0) is 30.9. The smallest absolute Gasteiger partial charge is 0.418 e. The van der Waals surface area contributed by atoms with Gasteiger partial charge in [0.15, 0.2) is 6.04 Å². The van der Waals surface area contributed by atoms with Gasteiger partial charge >= 0.3 is 6.18 Å². The molecule has 3 unspecified atom stereocenters. The fourth-order valence-corrected chi connectivity index (χ4v) is 6.36. The average Bonchev–Trinajstić information content (AvgIpc) is 2.93. The number of hydrogen-bond donors (Lipinski definition) is 1. The molecule has 1 aromatic heterocycles. The molecule has 0 aromatic carbocycles. The van der Waals surface area contributed by atoms with E-state index in [1.54, 1.807) is 30.2 Å². The second-order valence-corrected chi connectivity index (χ2v) is 11.9. The minimum atomic E-state index is -4.64. The summed E-state index contributed by atoms with van der Waals surface area (Å²) in [6.45, 7) is 7.87. The van der Waals surface area contributed by atoms with Crippen LogP contribution in [0.1, 0.15) is 45.6 Å². The van der Waals surface area contributed by atoms with Crippen molar-refractivity contribution in [2.75, 3.05) is 39.8 Å². The lowest BCUT2D eigenvalue weighted by molar-refractivity contribution is -0.135. The Morgan fingerprint density at radius 1 is 1.23 bits per heavy atom. The number of ether oxygens (including phenoxy) is 2. The molecule has 1 aromatic rings. The Morgan fingerprint density at radius 2 is 1.95 bits per heavy atom. The number of pyridine rings is 1. The first-order valence-corrected chi connectivity index (χ1v) is 14.8. The van der Waals surface area contributed by atoms with E-state index in [1.165, 1.54) is 0 Å². The topological polar surface area (TPSA) is 79.3 Å². The van der Waals surface area contributed by atoms with Crippen molar-refractivity contribution in [3.63, 3.8) is 0 Å². The molecule has 3 aliphatic heterocycles. The summed E-state index contributed by atoms with van der Waals surface area (Å²) in [5.74, 6) is -1.18. The van der Waals surface area contributed by atoms with E-state index >= 15 is 0 Å². The van der Waals surface area contributed by atoms with E-state index < -0.39 is 35.1 Å². The molecule has 0 saturated carbocycles. The summed E-state index contributed by atoms with van der Waals surface area (Å²) >= 11 is 0. The number of dihydropyridines is 1. The highest BCUT2D eigenvalue weighted by atomic mass is 19.4. The third-order valence-electron chi connectivity index (χ3n) is 8.42. The molecule has 12 heteroatoms. The minimum absolute atomic E-state index is 0.0133. The number of halogens is 4. The lowest BCUT2D eigenvalue weighted by Crippen LogP contribution is -2.61. The maximum Gasteiger partial charge on any atom is 0.418 e. The number of allylic oxidation sites excluding steroid dienone is 5. The Hall–Kier alpha value is -3.25. The predicted octanol–water partition coefficient (Wildman–Crippen LogP) is 4.59. The van der Waals surface area contributed by atoms with Gasteiger partial charge < -0.3 is 24.6 Å². The number of likely N-dealkylation sites (N-methyl/N-ethyl adjacent to an activating group) is 1. The number of piperidine rings is 1. The first-order valence-electron chi connectivity index (χ1n) is 14.8. The van der Waals surface area contributed by atoms with E-state index in [1.807, 2.05) is 33.0 Å². The van der Waals surface area contributed by atoms with Gasteiger partial charge in [-0.05, 0) is 64.1 Å². The molecular weight excluding hydrogens is 566 g/mol. The summed E-state index contributed by atoms with van der Waals surface area (Å²) in [6.07, 6.45) is 1.80. The first-order chi connectivity index (χ1) is 20.4. The third-order valence-corrected chi connectivity index (χ3v) is 8.42. The summed E-state index contributed by atoms with van der Waals surface area (Å²) < 4.78 is 67.7. The zero-order valence-electron chi connectivity index (χ0n) is 25.0. The van der Waals surface area contributed by atoms with Gasteiger partial charge in [-0.25, -0.2) is 9.37 Å². The molecule has 1 aliphatic carbocycles. The van der Waals surface area contributed by atoms with Crippen LogP contribution < -0.4 is 10.1 Å². The van der Waals surface area contributed by atoms with E-state index in [0.717, 1.165) is 13.1 Å². The van der Waals surface area contributed by atoms with Gasteiger partial charge in [-0.1, -0.05) is 6.92 Å². The quantitative estimate of drug-likeness (QED) is 0.437. The normalized spacial score (nSPS) is 27.5. The zero-order valence-corrected chi connectivity index (χ0v) is 25.0. The summed E-state index contributed by atoms with van der Waals surface area (Å²) in [5.41, 5.74) is -0.652.